The number of halogens is 1. The summed E-state index contributed by atoms with van der Waals surface area (Å²) in [4.78, 5) is 9.92. The van der Waals surface area contributed by atoms with Gasteiger partial charge in [0.25, 0.3) is 5.69 Å². The molecule has 0 saturated heterocycles. The van der Waals surface area contributed by atoms with Gasteiger partial charge in [-0.3, -0.25) is 14.8 Å². The first-order chi connectivity index (χ1) is 8.90. The molecule has 6 heteroatoms. The van der Waals surface area contributed by atoms with Crippen LogP contribution in [0.15, 0.2) is 18.2 Å². The number of rotatable bonds is 3. The van der Waals surface area contributed by atoms with Crippen molar-refractivity contribution in [2.45, 2.75) is 20.4 Å². The molecule has 19 heavy (non-hydrogen) atoms. The quantitative estimate of drug-likeness (QED) is 0.631. The predicted molar refractivity (Wildman–Crippen MR) is 68.3 cm³/mol. The summed E-state index contributed by atoms with van der Waals surface area (Å²) < 4.78 is 15.4. The van der Waals surface area contributed by atoms with Gasteiger partial charge in [0.2, 0.25) is 0 Å². The van der Waals surface area contributed by atoms with E-state index in [0.29, 0.717) is 5.56 Å². The number of hydrogen-bond donors (Lipinski definition) is 0. The Hall–Kier alpha value is -2.24. The summed E-state index contributed by atoms with van der Waals surface area (Å²) in [6.45, 7) is 7.79. The molecular weight excluding hydrogens is 249 g/mol. The van der Waals surface area contributed by atoms with Crippen LogP contribution in [0.5, 0.6) is 0 Å². The van der Waals surface area contributed by atoms with E-state index in [2.05, 4.69) is 12.0 Å². The van der Waals surface area contributed by atoms with Crippen LogP contribution in [0.4, 0.5) is 10.1 Å². The van der Waals surface area contributed by atoms with Crippen molar-refractivity contribution in [3.05, 3.63) is 63.6 Å². The molecule has 0 aliphatic heterocycles. The number of hydrogen-bond acceptors (Lipinski definition) is 3. The number of nitro groups is 1. The molecule has 0 atom stereocenters. The third kappa shape index (κ3) is 2.47. The normalized spacial score (nSPS) is 10.7. The van der Waals surface area contributed by atoms with Crippen molar-refractivity contribution in [1.29, 1.82) is 0 Å². The number of nitrogens with zero attached hydrogens (tertiary/aromatic N) is 3. The highest BCUT2D eigenvalue weighted by Gasteiger charge is 2.13. The van der Waals surface area contributed by atoms with Crippen molar-refractivity contribution in [2.24, 2.45) is 0 Å². The fourth-order valence-electron chi connectivity index (χ4n) is 1.83. The fourth-order valence-corrected chi connectivity index (χ4v) is 1.83. The molecule has 2 rings (SSSR count). The van der Waals surface area contributed by atoms with Crippen molar-refractivity contribution in [3.63, 3.8) is 0 Å². The van der Waals surface area contributed by atoms with E-state index in [1.54, 1.807) is 4.68 Å². The number of non-ortho nitro benzene ring substituents is 1. The van der Waals surface area contributed by atoms with Crippen LogP contribution in [-0.4, -0.2) is 14.7 Å². The summed E-state index contributed by atoms with van der Waals surface area (Å²) in [7, 11) is 0. The smallest absolute Gasteiger partial charge is 0.265 e. The Morgan fingerprint density at radius 1 is 1.47 bits per heavy atom. The van der Waals surface area contributed by atoms with E-state index in [4.69, 9.17) is 0 Å². The van der Waals surface area contributed by atoms with Crippen LogP contribution in [0.1, 0.15) is 22.5 Å². The summed E-state index contributed by atoms with van der Waals surface area (Å²) in [5.74, 6) is -0.604. The van der Waals surface area contributed by atoms with Gasteiger partial charge in [0.05, 0.1) is 23.2 Å². The van der Waals surface area contributed by atoms with Crippen LogP contribution in [0.2, 0.25) is 0 Å². The zero-order valence-corrected chi connectivity index (χ0v) is 10.7. The third-order valence-electron chi connectivity index (χ3n) is 3.10. The minimum absolute atomic E-state index is 0.228. The van der Waals surface area contributed by atoms with Gasteiger partial charge >= 0.3 is 0 Å². The van der Waals surface area contributed by atoms with Gasteiger partial charge < -0.3 is 0 Å². The van der Waals surface area contributed by atoms with Gasteiger partial charge in [-0.05, 0) is 32.4 Å². The molecule has 0 aliphatic rings. The molecular formula is C13H13FN3O2. The topological polar surface area (TPSA) is 61.0 Å². The van der Waals surface area contributed by atoms with Crippen LogP contribution in [-0.2, 0) is 6.54 Å². The van der Waals surface area contributed by atoms with Crippen LogP contribution in [0.25, 0.3) is 0 Å². The van der Waals surface area contributed by atoms with Gasteiger partial charge in [-0.15, -0.1) is 0 Å². The second kappa shape index (κ2) is 4.79. The lowest BCUT2D eigenvalue weighted by Crippen LogP contribution is -2.06. The molecule has 1 aromatic carbocycles. The minimum Gasteiger partial charge on any atom is -0.265 e. The molecule has 1 radical (unpaired) electrons. The maximum atomic E-state index is 13.8. The maximum Gasteiger partial charge on any atom is 0.272 e. The SMILES string of the molecule is [CH2]c1c(C)nn(Cc2ccc([N+](=O)[O-])cc2F)c1C. The van der Waals surface area contributed by atoms with Gasteiger partial charge in [-0.25, -0.2) is 4.39 Å². The highest BCUT2D eigenvalue weighted by atomic mass is 19.1. The largest absolute Gasteiger partial charge is 0.272 e. The van der Waals surface area contributed by atoms with Gasteiger partial charge in [0.15, 0.2) is 0 Å². The molecule has 0 fully saturated rings. The lowest BCUT2D eigenvalue weighted by molar-refractivity contribution is -0.385. The van der Waals surface area contributed by atoms with Crippen molar-refractivity contribution in [1.82, 2.24) is 9.78 Å². The van der Waals surface area contributed by atoms with E-state index in [0.717, 1.165) is 23.0 Å². The van der Waals surface area contributed by atoms with E-state index in [1.165, 1.54) is 12.1 Å². The summed E-state index contributed by atoms with van der Waals surface area (Å²) in [5, 5.41) is 14.8. The predicted octanol–water partition coefficient (Wildman–Crippen LogP) is 2.78. The molecule has 0 aliphatic carbocycles. The molecule has 0 unspecified atom stereocenters. The van der Waals surface area contributed by atoms with E-state index in [1.807, 2.05) is 13.8 Å². The van der Waals surface area contributed by atoms with Gasteiger partial charge in [0.1, 0.15) is 5.82 Å². The monoisotopic (exact) mass is 262 g/mol. The Kier molecular flexibility index (Phi) is 3.33. The molecule has 0 spiro atoms. The standard InChI is InChI=1S/C13H13FN3O2/c1-8-9(2)15-16(10(8)3)7-11-4-5-12(17(18)19)6-13(11)14/h4-6H,1,7H2,2-3H3. The van der Waals surface area contributed by atoms with Crippen molar-refractivity contribution in [3.8, 4) is 0 Å². The second-order valence-corrected chi connectivity index (χ2v) is 4.34. The Balaban J connectivity index is 2.33. The molecule has 0 N–H and O–H groups in total. The summed E-state index contributed by atoms with van der Waals surface area (Å²) in [6.07, 6.45) is 0. The molecule has 0 saturated carbocycles. The van der Waals surface area contributed by atoms with Crippen molar-refractivity contribution in [2.75, 3.05) is 0 Å². The van der Waals surface area contributed by atoms with Gasteiger partial charge in [-0.1, -0.05) is 0 Å². The maximum absolute atomic E-state index is 13.8. The van der Waals surface area contributed by atoms with Crippen LogP contribution in [0.3, 0.4) is 0 Å². The van der Waals surface area contributed by atoms with Crippen molar-refractivity contribution >= 4 is 5.69 Å². The molecule has 0 bridgehead atoms. The zero-order valence-electron chi connectivity index (χ0n) is 10.7. The number of nitro benzene ring substituents is 1. The highest BCUT2D eigenvalue weighted by Crippen LogP contribution is 2.19. The molecule has 99 valence electrons. The minimum atomic E-state index is -0.621. The molecule has 1 aromatic heterocycles. The Bertz CT molecular complexity index is 650. The highest BCUT2D eigenvalue weighted by molar-refractivity contribution is 5.35. The summed E-state index contributed by atoms with van der Waals surface area (Å²) in [5.41, 5.74) is 2.57. The summed E-state index contributed by atoms with van der Waals surface area (Å²) >= 11 is 0. The van der Waals surface area contributed by atoms with Crippen LogP contribution >= 0.6 is 0 Å². The fraction of sp³-hybridized carbons (Fsp3) is 0.231. The first kappa shape index (κ1) is 13.2. The zero-order chi connectivity index (χ0) is 14.2. The lowest BCUT2D eigenvalue weighted by Gasteiger charge is -2.06. The van der Waals surface area contributed by atoms with E-state index in [9.17, 15) is 14.5 Å². The average molecular weight is 262 g/mol. The summed E-state index contributed by atoms with van der Waals surface area (Å²) in [6, 6.07) is 3.62. The second-order valence-electron chi connectivity index (χ2n) is 4.34. The Morgan fingerprint density at radius 2 is 2.16 bits per heavy atom. The van der Waals surface area contributed by atoms with Gasteiger partial charge in [0, 0.05) is 17.3 Å². The lowest BCUT2D eigenvalue weighted by atomic mass is 10.2. The molecule has 2 aromatic rings. The van der Waals surface area contributed by atoms with E-state index >= 15 is 0 Å². The first-order valence-electron chi connectivity index (χ1n) is 5.69. The first-order valence-corrected chi connectivity index (χ1v) is 5.69. The van der Waals surface area contributed by atoms with E-state index < -0.39 is 10.7 Å². The van der Waals surface area contributed by atoms with Crippen LogP contribution in [0, 0.1) is 36.7 Å². The molecule has 0 amide bonds. The van der Waals surface area contributed by atoms with Crippen molar-refractivity contribution < 1.29 is 9.31 Å². The van der Waals surface area contributed by atoms with Gasteiger partial charge in [-0.2, -0.15) is 5.10 Å². The van der Waals surface area contributed by atoms with Crippen LogP contribution < -0.4 is 0 Å². The Morgan fingerprint density at radius 3 is 2.63 bits per heavy atom. The van der Waals surface area contributed by atoms with E-state index in [-0.39, 0.29) is 12.2 Å². The average Bonchev–Trinajstić information content (AvgIpc) is 2.59. The number of aromatic nitrogens is 2. The molecule has 1 heterocycles. The number of benzene rings is 1. The third-order valence-corrected chi connectivity index (χ3v) is 3.10. The molecule has 5 nitrogen and oxygen atoms in total. The Labute approximate surface area is 109 Å². The number of aryl methyl sites for hydroxylation is 1.